The smallest absolute Gasteiger partial charge is 0.387 e. The SMILES string of the molecule is C[C@H]1CC[C@H](CCc2ccc(OC(F)F)cc2)CC1. The molecule has 0 heterocycles. The van der Waals surface area contributed by atoms with Crippen LogP contribution >= 0.6 is 0 Å². The zero-order valence-electron chi connectivity index (χ0n) is 11.4. The Balaban J connectivity index is 1.76. The van der Waals surface area contributed by atoms with Crippen LogP contribution in [0.5, 0.6) is 5.75 Å². The lowest BCUT2D eigenvalue weighted by Gasteiger charge is -2.26. The van der Waals surface area contributed by atoms with Crippen LogP contribution in [0.3, 0.4) is 0 Å². The van der Waals surface area contributed by atoms with Crippen molar-refractivity contribution in [3.63, 3.8) is 0 Å². The first-order valence-electron chi connectivity index (χ1n) is 7.17. The van der Waals surface area contributed by atoms with E-state index in [0.717, 1.165) is 18.3 Å². The van der Waals surface area contributed by atoms with Crippen molar-refractivity contribution in [2.24, 2.45) is 11.8 Å². The summed E-state index contributed by atoms with van der Waals surface area (Å²) in [7, 11) is 0. The van der Waals surface area contributed by atoms with E-state index >= 15 is 0 Å². The van der Waals surface area contributed by atoms with Crippen molar-refractivity contribution in [2.75, 3.05) is 0 Å². The third-order valence-corrected chi connectivity index (χ3v) is 4.13. The van der Waals surface area contributed by atoms with Crippen molar-refractivity contribution in [3.8, 4) is 5.75 Å². The average Bonchev–Trinajstić information content (AvgIpc) is 2.39. The van der Waals surface area contributed by atoms with Crippen molar-refractivity contribution in [2.45, 2.75) is 52.1 Å². The monoisotopic (exact) mass is 268 g/mol. The summed E-state index contributed by atoms with van der Waals surface area (Å²) < 4.78 is 28.4. The van der Waals surface area contributed by atoms with Crippen LogP contribution in [0.1, 0.15) is 44.6 Å². The Bertz CT molecular complexity index is 367. The highest BCUT2D eigenvalue weighted by Gasteiger charge is 2.17. The molecule has 1 saturated carbocycles. The van der Waals surface area contributed by atoms with Gasteiger partial charge in [0, 0.05) is 0 Å². The van der Waals surface area contributed by atoms with Gasteiger partial charge < -0.3 is 4.74 Å². The van der Waals surface area contributed by atoms with Gasteiger partial charge in [0.1, 0.15) is 5.75 Å². The minimum atomic E-state index is -2.74. The molecule has 0 aromatic heterocycles. The van der Waals surface area contributed by atoms with Crippen LogP contribution in [0.15, 0.2) is 24.3 Å². The highest BCUT2D eigenvalue weighted by Crippen LogP contribution is 2.31. The maximum absolute atomic E-state index is 12.0. The molecule has 0 bridgehead atoms. The van der Waals surface area contributed by atoms with E-state index in [1.54, 1.807) is 12.1 Å². The summed E-state index contributed by atoms with van der Waals surface area (Å²) in [4.78, 5) is 0. The third kappa shape index (κ3) is 4.81. The topological polar surface area (TPSA) is 9.23 Å². The number of benzene rings is 1. The Hall–Kier alpha value is -1.12. The standard InChI is InChI=1S/C16H22F2O/c1-12-2-4-13(5-3-12)6-7-14-8-10-15(11-9-14)19-16(17)18/h8-13,16H,2-7H2,1H3/t12-,13-. The molecule has 1 fully saturated rings. The van der Waals surface area contributed by atoms with Crippen LogP contribution in [0.2, 0.25) is 0 Å². The second-order valence-electron chi connectivity index (χ2n) is 5.69. The van der Waals surface area contributed by atoms with Gasteiger partial charge in [-0.15, -0.1) is 0 Å². The molecular formula is C16H22F2O. The normalized spacial score (nSPS) is 23.6. The van der Waals surface area contributed by atoms with Gasteiger partial charge in [-0.1, -0.05) is 44.7 Å². The van der Waals surface area contributed by atoms with Gasteiger partial charge in [0.2, 0.25) is 0 Å². The molecule has 0 aliphatic heterocycles. The zero-order valence-corrected chi connectivity index (χ0v) is 11.4. The molecule has 1 nitrogen and oxygen atoms in total. The molecule has 1 aromatic rings. The minimum absolute atomic E-state index is 0.241. The van der Waals surface area contributed by atoms with Crippen LogP contribution in [0, 0.1) is 11.8 Å². The number of halogens is 2. The second kappa shape index (κ2) is 6.88. The van der Waals surface area contributed by atoms with E-state index in [9.17, 15) is 8.78 Å². The molecule has 0 saturated heterocycles. The number of hydrogen-bond acceptors (Lipinski definition) is 1. The van der Waals surface area contributed by atoms with Crippen molar-refractivity contribution in [1.29, 1.82) is 0 Å². The molecular weight excluding hydrogens is 246 g/mol. The summed E-state index contributed by atoms with van der Waals surface area (Å²) in [6.07, 6.45) is 7.63. The molecule has 0 spiro atoms. The van der Waals surface area contributed by atoms with Crippen molar-refractivity contribution < 1.29 is 13.5 Å². The van der Waals surface area contributed by atoms with Crippen molar-refractivity contribution in [3.05, 3.63) is 29.8 Å². The Morgan fingerprint density at radius 3 is 2.32 bits per heavy atom. The number of ether oxygens (including phenoxy) is 1. The molecule has 3 heteroatoms. The minimum Gasteiger partial charge on any atom is -0.435 e. The summed E-state index contributed by atoms with van der Waals surface area (Å²) >= 11 is 0. The predicted octanol–water partition coefficient (Wildman–Crippen LogP) is 5.05. The van der Waals surface area contributed by atoms with E-state index in [0.29, 0.717) is 0 Å². The lowest BCUT2D eigenvalue weighted by atomic mass is 9.80. The van der Waals surface area contributed by atoms with Crippen LogP contribution in [0.4, 0.5) is 8.78 Å². The van der Waals surface area contributed by atoms with Gasteiger partial charge in [-0.25, -0.2) is 0 Å². The van der Waals surface area contributed by atoms with Gasteiger partial charge in [0.15, 0.2) is 0 Å². The highest BCUT2D eigenvalue weighted by molar-refractivity contribution is 5.27. The van der Waals surface area contributed by atoms with E-state index < -0.39 is 6.61 Å². The molecule has 0 atom stereocenters. The number of hydrogen-bond donors (Lipinski definition) is 0. The Kier molecular flexibility index (Phi) is 5.17. The van der Waals surface area contributed by atoms with Gasteiger partial charge in [-0.3, -0.25) is 0 Å². The molecule has 0 N–H and O–H groups in total. The first-order valence-corrected chi connectivity index (χ1v) is 7.17. The van der Waals surface area contributed by atoms with Gasteiger partial charge in [-0.2, -0.15) is 8.78 Å². The Labute approximate surface area is 114 Å². The van der Waals surface area contributed by atoms with Crippen LogP contribution in [-0.4, -0.2) is 6.61 Å². The van der Waals surface area contributed by atoms with E-state index in [1.165, 1.54) is 37.7 Å². The molecule has 106 valence electrons. The zero-order chi connectivity index (χ0) is 13.7. The number of rotatable bonds is 5. The number of alkyl halides is 2. The first kappa shape index (κ1) is 14.3. The van der Waals surface area contributed by atoms with E-state index in [4.69, 9.17) is 0 Å². The quantitative estimate of drug-likeness (QED) is 0.726. The molecule has 2 rings (SSSR count). The average molecular weight is 268 g/mol. The van der Waals surface area contributed by atoms with Crippen molar-refractivity contribution in [1.82, 2.24) is 0 Å². The lowest BCUT2D eigenvalue weighted by molar-refractivity contribution is -0.0498. The fraction of sp³-hybridized carbons (Fsp3) is 0.625. The maximum Gasteiger partial charge on any atom is 0.387 e. The second-order valence-corrected chi connectivity index (χ2v) is 5.69. The molecule has 1 aromatic carbocycles. The lowest BCUT2D eigenvalue weighted by Crippen LogP contribution is -2.12. The fourth-order valence-corrected chi connectivity index (χ4v) is 2.83. The van der Waals surface area contributed by atoms with Crippen LogP contribution in [-0.2, 0) is 6.42 Å². The van der Waals surface area contributed by atoms with Gasteiger partial charge in [0.05, 0.1) is 0 Å². The molecule has 0 radical (unpaired) electrons. The van der Waals surface area contributed by atoms with Crippen LogP contribution in [0.25, 0.3) is 0 Å². The third-order valence-electron chi connectivity index (χ3n) is 4.13. The predicted molar refractivity (Wildman–Crippen MR) is 72.5 cm³/mol. The van der Waals surface area contributed by atoms with E-state index in [1.807, 2.05) is 12.1 Å². The largest absolute Gasteiger partial charge is 0.435 e. The molecule has 1 aliphatic carbocycles. The van der Waals surface area contributed by atoms with Crippen molar-refractivity contribution >= 4 is 0 Å². The molecule has 1 aliphatic rings. The summed E-state index contributed by atoms with van der Waals surface area (Å²) in [5.41, 5.74) is 1.21. The Morgan fingerprint density at radius 1 is 1.11 bits per heavy atom. The summed E-state index contributed by atoms with van der Waals surface area (Å²) in [6.45, 7) is -0.409. The highest BCUT2D eigenvalue weighted by atomic mass is 19.3. The van der Waals surface area contributed by atoms with Gasteiger partial charge in [-0.05, 0) is 42.4 Å². The van der Waals surface area contributed by atoms with Gasteiger partial charge >= 0.3 is 6.61 Å². The Morgan fingerprint density at radius 2 is 1.74 bits per heavy atom. The molecule has 0 unspecified atom stereocenters. The summed E-state index contributed by atoms with van der Waals surface area (Å²) in [5.74, 6) is 1.97. The van der Waals surface area contributed by atoms with Crippen LogP contribution < -0.4 is 4.74 Å². The molecule has 19 heavy (non-hydrogen) atoms. The first-order chi connectivity index (χ1) is 9.13. The van der Waals surface area contributed by atoms with E-state index in [2.05, 4.69) is 11.7 Å². The summed E-state index contributed by atoms with van der Waals surface area (Å²) in [6, 6.07) is 7.04. The maximum atomic E-state index is 12.0. The van der Waals surface area contributed by atoms with E-state index in [-0.39, 0.29) is 5.75 Å². The summed E-state index contributed by atoms with van der Waals surface area (Å²) in [5, 5.41) is 0. The number of aryl methyl sites for hydroxylation is 1. The fourth-order valence-electron chi connectivity index (χ4n) is 2.83. The molecule has 0 amide bonds. The van der Waals surface area contributed by atoms with Gasteiger partial charge in [0.25, 0.3) is 0 Å².